The highest BCUT2D eigenvalue weighted by Crippen LogP contribution is 2.29. The van der Waals surface area contributed by atoms with Crippen LogP contribution < -0.4 is 0 Å². The lowest BCUT2D eigenvalue weighted by molar-refractivity contribution is -0.137. The van der Waals surface area contributed by atoms with Gasteiger partial charge in [-0.2, -0.15) is 13.2 Å². The molecular weight excluding hydrogens is 345 g/mol. The average molecular weight is 368 g/mol. The van der Waals surface area contributed by atoms with Crippen molar-refractivity contribution in [2.45, 2.75) is 26.1 Å². The number of hydrogen-bond donors (Lipinski definition) is 1. The van der Waals surface area contributed by atoms with Crippen LogP contribution in [0.1, 0.15) is 22.5 Å². The summed E-state index contributed by atoms with van der Waals surface area (Å²) in [6.45, 7) is 3.44. The van der Waals surface area contributed by atoms with Gasteiger partial charge in [-0.3, -0.25) is 4.79 Å². The first-order valence-electron chi connectivity index (χ1n) is 8.24. The van der Waals surface area contributed by atoms with Crippen LogP contribution in [0.25, 0.3) is 0 Å². The fourth-order valence-corrected chi connectivity index (χ4v) is 2.44. The van der Waals surface area contributed by atoms with E-state index in [0.717, 1.165) is 23.5 Å². The Morgan fingerprint density at radius 3 is 2.31 bits per heavy atom. The van der Waals surface area contributed by atoms with Gasteiger partial charge in [0, 0.05) is 18.8 Å². The number of H-pyrrole nitrogens is 1. The lowest BCUT2D eigenvalue weighted by Crippen LogP contribution is -2.37. The van der Waals surface area contributed by atoms with Crippen LogP contribution in [0.2, 0.25) is 0 Å². The minimum atomic E-state index is -4.38. The van der Waals surface area contributed by atoms with Gasteiger partial charge in [-0.1, -0.05) is 12.1 Å². The molecule has 0 fully saturated rings. The Morgan fingerprint density at radius 1 is 1.15 bits per heavy atom. The second-order valence-corrected chi connectivity index (χ2v) is 6.46. The monoisotopic (exact) mass is 368 g/mol. The lowest BCUT2D eigenvalue weighted by Gasteiger charge is -2.24. The molecule has 1 heterocycles. The Labute approximate surface area is 150 Å². The second-order valence-electron chi connectivity index (χ2n) is 6.46. The summed E-state index contributed by atoms with van der Waals surface area (Å²) in [5.74, 6) is -0.144. The molecule has 2 rings (SSSR count). The zero-order valence-electron chi connectivity index (χ0n) is 15.1. The van der Waals surface area contributed by atoms with Gasteiger partial charge in [0.1, 0.15) is 0 Å². The van der Waals surface area contributed by atoms with Crippen LogP contribution in [-0.4, -0.2) is 52.9 Å². The van der Waals surface area contributed by atoms with E-state index in [2.05, 4.69) is 9.97 Å². The molecule has 26 heavy (non-hydrogen) atoms. The molecule has 0 saturated heterocycles. The summed E-state index contributed by atoms with van der Waals surface area (Å²) in [4.78, 5) is 23.5. The molecule has 0 aliphatic rings. The van der Waals surface area contributed by atoms with Crippen molar-refractivity contribution in [2.75, 3.05) is 27.2 Å². The number of aromatic nitrogens is 2. The van der Waals surface area contributed by atoms with E-state index in [4.69, 9.17) is 0 Å². The van der Waals surface area contributed by atoms with E-state index in [1.54, 1.807) is 11.2 Å². The molecule has 1 N–H and O–H groups in total. The SMILES string of the molecule is Cc1[nH]cnc1CN(CCN(C)C)C(=O)Cc1ccc(C(F)(F)F)cc1. The molecule has 0 saturated carbocycles. The van der Waals surface area contributed by atoms with Gasteiger partial charge in [-0.25, -0.2) is 4.98 Å². The number of aryl methyl sites for hydroxylation is 1. The molecule has 8 heteroatoms. The first-order chi connectivity index (χ1) is 12.2. The van der Waals surface area contributed by atoms with Gasteiger partial charge < -0.3 is 14.8 Å². The second kappa shape index (κ2) is 8.35. The fraction of sp³-hybridized carbons (Fsp3) is 0.444. The molecule has 0 aliphatic carbocycles. The number of carbonyl (C=O) groups excluding carboxylic acids is 1. The molecule has 1 aromatic carbocycles. The van der Waals surface area contributed by atoms with E-state index in [1.807, 2.05) is 25.9 Å². The smallest absolute Gasteiger partial charge is 0.348 e. The van der Waals surface area contributed by atoms with Gasteiger partial charge >= 0.3 is 6.18 Å². The van der Waals surface area contributed by atoms with Gasteiger partial charge in [0.05, 0.1) is 30.6 Å². The largest absolute Gasteiger partial charge is 0.416 e. The standard InChI is InChI=1S/C18H23F3N4O/c1-13-16(23-12-22-13)11-25(9-8-24(2)3)17(26)10-14-4-6-15(7-5-14)18(19,20)21/h4-7,12H,8-11H2,1-3H3,(H,22,23). The fourth-order valence-electron chi connectivity index (χ4n) is 2.44. The zero-order valence-corrected chi connectivity index (χ0v) is 15.1. The highest BCUT2D eigenvalue weighted by molar-refractivity contribution is 5.78. The number of hydrogen-bond acceptors (Lipinski definition) is 3. The predicted octanol–water partition coefficient (Wildman–Crippen LogP) is 2.87. The summed E-state index contributed by atoms with van der Waals surface area (Å²) in [6, 6.07) is 4.71. The van der Waals surface area contributed by atoms with Crippen molar-refractivity contribution in [3.63, 3.8) is 0 Å². The van der Waals surface area contributed by atoms with Gasteiger partial charge in [-0.15, -0.1) is 0 Å². The highest BCUT2D eigenvalue weighted by Gasteiger charge is 2.30. The van der Waals surface area contributed by atoms with Crippen molar-refractivity contribution >= 4 is 5.91 Å². The molecule has 142 valence electrons. The van der Waals surface area contributed by atoms with Crippen molar-refractivity contribution in [3.05, 3.63) is 53.1 Å². The van der Waals surface area contributed by atoms with E-state index in [9.17, 15) is 18.0 Å². The molecule has 0 spiro atoms. The number of nitrogens with one attached hydrogen (secondary N) is 1. The molecule has 0 atom stereocenters. The number of alkyl halides is 3. The predicted molar refractivity (Wildman–Crippen MR) is 92.4 cm³/mol. The zero-order chi connectivity index (χ0) is 19.3. The molecule has 1 aromatic heterocycles. The average Bonchev–Trinajstić information content (AvgIpc) is 2.95. The summed E-state index contributed by atoms with van der Waals surface area (Å²) >= 11 is 0. The Kier molecular flexibility index (Phi) is 6.42. The van der Waals surface area contributed by atoms with E-state index in [-0.39, 0.29) is 12.3 Å². The van der Waals surface area contributed by atoms with Crippen LogP contribution >= 0.6 is 0 Å². The van der Waals surface area contributed by atoms with E-state index >= 15 is 0 Å². The third-order valence-corrected chi connectivity index (χ3v) is 4.08. The van der Waals surface area contributed by atoms with Crippen LogP contribution in [0, 0.1) is 6.92 Å². The van der Waals surface area contributed by atoms with Crippen LogP contribution in [0.4, 0.5) is 13.2 Å². The van der Waals surface area contributed by atoms with Crippen LogP contribution in [-0.2, 0) is 23.9 Å². The Balaban J connectivity index is 2.08. The van der Waals surface area contributed by atoms with Crippen molar-refractivity contribution in [2.24, 2.45) is 0 Å². The number of rotatable bonds is 7. The van der Waals surface area contributed by atoms with E-state index < -0.39 is 11.7 Å². The first-order valence-corrected chi connectivity index (χ1v) is 8.24. The van der Waals surface area contributed by atoms with Crippen molar-refractivity contribution in [3.8, 4) is 0 Å². The molecule has 1 amide bonds. The van der Waals surface area contributed by atoms with Crippen LogP contribution in [0.15, 0.2) is 30.6 Å². The van der Waals surface area contributed by atoms with Crippen molar-refractivity contribution < 1.29 is 18.0 Å². The Hall–Kier alpha value is -2.35. The number of halogens is 3. The number of aromatic amines is 1. The van der Waals surface area contributed by atoms with Gasteiger partial charge in [0.15, 0.2) is 0 Å². The van der Waals surface area contributed by atoms with E-state index in [1.165, 1.54) is 12.1 Å². The highest BCUT2D eigenvalue weighted by atomic mass is 19.4. The van der Waals surface area contributed by atoms with Gasteiger partial charge in [0.25, 0.3) is 0 Å². The topological polar surface area (TPSA) is 52.2 Å². The van der Waals surface area contributed by atoms with E-state index in [0.29, 0.717) is 25.2 Å². The number of nitrogens with zero attached hydrogens (tertiary/aromatic N) is 3. The molecule has 0 bridgehead atoms. The summed E-state index contributed by atoms with van der Waals surface area (Å²) < 4.78 is 37.9. The van der Waals surface area contributed by atoms with Crippen LogP contribution in [0.5, 0.6) is 0 Å². The van der Waals surface area contributed by atoms with Gasteiger partial charge in [-0.05, 0) is 38.7 Å². The number of carbonyl (C=O) groups is 1. The van der Waals surface area contributed by atoms with Crippen LogP contribution in [0.3, 0.4) is 0 Å². The van der Waals surface area contributed by atoms with Crippen molar-refractivity contribution in [1.29, 1.82) is 0 Å². The maximum atomic E-state index is 12.7. The molecule has 5 nitrogen and oxygen atoms in total. The number of likely N-dealkylation sites (N-methyl/N-ethyl adjacent to an activating group) is 1. The number of benzene rings is 1. The Morgan fingerprint density at radius 2 is 1.81 bits per heavy atom. The minimum Gasteiger partial charge on any atom is -0.348 e. The quantitative estimate of drug-likeness (QED) is 0.818. The lowest BCUT2D eigenvalue weighted by atomic mass is 10.1. The third kappa shape index (κ3) is 5.59. The maximum absolute atomic E-state index is 12.7. The molecule has 0 aliphatic heterocycles. The molecule has 0 radical (unpaired) electrons. The summed E-state index contributed by atoms with van der Waals surface area (Å²) in [5.41, 5.74) is 1.51. The number of amides is 1. The molecular formula is C18H23F3N4O. The summed E-state index contributed by atoms with van der Waals surface area (Å²) in [6.07, 6.45) is -2.75. The van der Waals surface area contributed by atoms with Gasteiger partial charge in [0.2, 0.25) is 5.91 Å². The number of imidazole rings is 1. The molecule has 0 unspecified atom stereocenters. The minimum absolute atomic E-state index is 0.0506. The summed E-state index contributed by atoms with van der Waals surface area (Å²) in [7, 11) is 3.83. The maximum Gasteiger partial charge on any atom is 0.416 e. The molecule has 2 aromatic rings. The Bertz CT molecular complexity index is 723. The normalized spacial score (nSPS) is 11.8. The third-order valence-electron chi connectivity index (χ3n) is 4.08. The summed E-state index contributed by atoms with van der Waals surface area (Å²) in [5, 5.41) is 0. The first kappa shape index (κ1) is 20.0. The van der Waals surface area contributed by atoms with Crippen molar-refractivity contribution in [1.82, 2.24) is 19.8 Å².